The quantitative estimate of drug-likeness (QED) is 0.664. The summed E-state index contributed by atoms with van der Waals surface area (Å²) in [6, 6.07) is 17.6. The summed E-state index contributed by atoms with van der Waals surface area (Å²) >= 11 is 4.34. The molecule has 0 aliphatic heterocycles. The Labute approximate surface area is 152 Å². The topological polar surface area (TPSA) is 54.9 Å². The first-order valence-corrected chi connectivity index (χ1v) is 8.71. The van der Waals surface area contributed by atoms with Crippen molar-refractivity contribution in [3.8, 4) is 11.3 Å². The monoisotopic (exact) mass is 349 g/mol. The third-order valence-electron chi connectivity index (χ3n) is 3.93. The Morgan fingerprint density at radius 2 is 1.80 bits per heavy atom. The van der Waals surface area contributed by atoms with Gasteiger partial charge in [-0.25, -0.2) is 0 Å². The van der Waals surface area contributed by atoms with Gasteiger partial charge in [0.05, 0.1) is 17.8 Å². The van der Waals surface area contributed by atoms with Gasteiger partial charge in [-0.15, -0.1) is 0 Å². The molecular formula is C20H19N3OS. The molecule has 3 rings (SSSR count). The van der Waals surface area contributed by atoms with Crippen LogP contribution in [0.25, 0.3) is 11.3 Å². The summed E-state index contributed by atoms with van der Waals surface area (Å²) in [5.41, 5.74) is 3.66. The van der Waals surface area contributed by atoms with Crippen molar-refractivity contribution in [1.82, 2.24) is 9.97 Å². The van der Waals surface area contributed by atoms with Gasteiger partial charge < -0.3 is 5.32 Å². The van der Waals surface area contributed by atoms with Gasteiger partial charge in [0, 0.05) is 29.4 Å². The highest BCUT2D eigenvalue weighted by atomic mass is 32.1. The fourth-order valence-electron chi connectivity index (χ4n) is 2.56. The van der Waals surface area contributed by atoms with Gasteiger partial charge >= 0.3 is 0 Å². The molecule has 0 bridgehead atoms. The fourth-order valence-corrected chi connectivity index (χ4v) is 2.85. The summed E-state index contributed by atoms with van der Waals surface area (Å²) in [6.45, 7) is 0. The number of nitrogens with zero attached hydrogens (tertiary/aromatic N) is 2. The molecule has 1 amide bonds. The third-order valence-corrected chi connectivity index (χ3v) is 4.37. The SMILES string of the molecule is O=C(Nc1ccc(-c2cnccn2)cc1)C(CS)Cc1ccccc1. The number of benzene rings is 2. The molecule has 126 valence electrons. The number of hydrogen-bond donors (Lipinski definition) is 2. The molecule has 4 nitrogen and oxygen atoms in total. The zero-order valence-electron chi connectivity index (χ0n) is 13.7. The zero-order valence-corrected chi connectivity index (χ0v) is 14.6. The van der Waals surface area contributed by atoms with Crippen molar-refractivity contribution in [2.75, 3.05) is 11.1 Å². The lowest BCUT2D eigenvalue weighted by Crippen LogP contribution is -2.26. The minimum absolute atomic E-state index is 0.0221. The number of thiol groups is 1. The van der Waals surface area contributed by atoms with Crippen molar-refractivity contribution >= 4 is 24.2 Å². The molecule has 1 aromatic heterocycles. The molecule has 0 saturated heterocycles. The second-order valence-corrected chi connectivity index (χ2v) is 6.09. The van der Waals surface area contributed by atoms with Crippen LogP contribution in [-0.4, -0.2) is 21.6 Å². The zero-order chi connectivity index (χ0) is 17.5. The average molecular weight is 349 g/mol. The summed E-state index contributed by atoms with van der Waals surface area (Å²) in [5, 5.41) is 2.97. The third kappa shape index (κ3) is 4.67. The van der Waals surface area contributed by atoms with E-state index in [1.54, 1.807) is 18.6 Å². The number of nitrogens with one attached hydrogen (secondary N) is 1. The van der Waals surface area contributed by atoms with Gasteiger partial charge in [0.2, 0.25) is 5.91 Å². The Balaban J connectivity index is 1.65. The number of aromatic nitrogens is 2. The molecular weight excluding hydrogens is 330 g/mol. The number of rotatable bonds is 6. The van der Waals surface area contributed by atoms with E-state index >= 15 is 0 Å². The lowest BCUT2D eigenvalue weighted by molar-refractivity contribution is -0.119. The highest BCUT2D eigenvalue weighted by molar-refractivity contribution is 7.80. The second kappa shape index (κ2) is 8.44. The van der Waals surface area contributed by atoms with Crippen LogP contribution in [0.2, 0.25) is 0 Å². The van der Waals surface area contributed by atoms with Gasteiger partial charge in [0.1, 0.15) is 0 Å². The predicted molar refractivity (Wildman–Crippen MR) is 104 cm³/mol. The molecule has 1 atom stereocenters. The molecule has 0 saturated carbocycles. The van der Waals surface area contributed by atoms with Crippen LogP contribution in [0.1, 0.15) is 5.56 Å². The Hall–Kier alpha value is -2.66. The molecule has 0 spiro atoms. The summed E-state index contributed by atoms with van der Waals surface area (Å²) in [7, 11) is 0. The fraction of sp³-hybridized carbons (Fsp3) is 0.150. The first-order chi connectivity index (χ1) is 12.3. The summed E-state index contributed by atoms with van der Waals surface area (Å²) < 4.78 is 0. The van der Waals surface area contributed by atoms with Crippen LogP contribution in [0.5, 0.6) is 0 Å². The summed E-state index contributed by atoms with van der Waals surface area (Å²) in [4.78, 5) is 20.9. The lowest BCUT2D eigenvalue weighted by Gasteiger charge is -2.15. The van der Waals surface area contributed by atoms with E-state index < -0.39 is 0 Å². The van der Waals surface area contributed by atoms with E-state index in [0.717, 1.165) is 22.5 Å². The van der Waals surface area contributed by atoms with E-state index in [9.17, 15) is 4.79 Å². The van der Waals surface area contributed by atoms with Crippen LogP contribution in [0.15, 0.2) is 73.2 Å². The van der Waals surface area contributed by atoms with Gasteiger partial charge in [-0.1, -0.05) is 42.5 Å². The van der Waals surface area contributed by atoms with Crippen molar-refractivity contribution in [2.45, 2.75) is 6.42 Å². The molecule has 0 fully saturated rings. The molecule has 3 aromatic rings. The lowest BCUT2D eigenvalue weighted by atomic mass is 10.00. The molecule has 1 unspecified atom stereocenters. The van der Waals surface area contributed by atoms with Crippen molar-refractivity contribution in [3.05, 3.63) is 78.8 Å². The van der Waals surface area contributed by atoms with Crippen LogP contribution >= 0.6 is 12.6 Å². The maximum atomic E-state index is 12.5. The number of anilines is 1. The van der Waals surface area contributed by atoms with Gasteiger partial charge in [-0.05, 0) is 24.1 Å². The first kappa shape index (κ1) is 17.2. The van der Waals surface area contributed by atoms with E-state index in [2.05, 4.69) is 27.9 Å². The Morgan fingerprint density at radius 1 is 1.04 bits per heavy atom. The Bertz CT molecular complexity index is 807. The van der Waals surface area contributed by atoms with E-state index in [4.69, 9.17) is 0 Å². The highest BCUT2D eigenvalue weighted by Crippen LogP contribution is 2.19. The molecule has 1 heterocycles. The van der Waals surface area contributed by atoms with Crippen LogP contribution in [0.4, 0.5) is 5.69 Å². The molecule has 0 aliphatic carbocycles. The smallest absolute Gasteiger partial charge is 0.228 e. The minimum atomic E-state index is -0.176. The molecule has 25 heavy (non-hydrogen) atoms. The minimum Gasteiger partial charge on any atom is -0.326 e. The van der Waals surface area contributed by atoms with E-state index in [-0.39, 0.29) is 11.8 Å². The summed E-state index contributed by atoms with van der Waals surface area (Å²) in [6.07, 6.45) is 5.69. The Kier molecular flexibility index (Phi) is 5.80. The first-order valence-electron chi connectivity index (χ1n) is 8.08. The van der Waals surface area contributed by atoms with Crippen molar-refractivity contribution in [3.63, 3.8) is 0 Å². The molecule has 0 radical (unpaired) electrons. The van der Waals surface area contributed by atoms with Crippen LogP contribution < -0.4 is 5.32 Å². The van der Waals surface area contributed by atoms with Gasteiger partial charge in [-0.2, -0.15) is 12.6 Å². The summed E-state index contributed by atoms with van der Waals surface area (Å²) in [5.74, 6) is 0.301. The number of carbonyl (C=O) groups excluding carboxylic acids is 1. The van der Waals surface area contributed by atoms with E-state index in [1.807, 2.05) is 54.6 Å². The number of amides is 1. The van der Waals surface area contributed by atoms with E-state index in [0.29, 0.717) is 12.2 Å². The van der Waals surface area contributed by atoms with Crippen LogP contribution in [0, 0.1) is 5.92 Å². The normalized spacial score (nSPS) is 11.7. The second-order valence-electron chi connectivity index (χ2n) is 5.73. The number of hydrogen-bond acceptors (Lipinski definition) is 4. The van der Waals surface area contributed by atoms with Gasteiger partial charge in [0.25, 0.3) is 0 Å². The van der Waals surface area contributed by atoms with Crippen LogP contribution in [0.3, 0.4) is 0 Å². The molecule has 2 aromatic carbocycles. The maximum absolute atomic E-state index is 12.5. The van der Waals surface area contributed by atoms with Gasteiger partial charge in [0.15, 0.2) is 0 Å². The van der Waals surface area contributed by atoms with Crippen molar-refractivity contribution in [1.29, 1.82) is 0 Å². The standard InChI is InChI=1S/C20H19N3OS/c24-20(17(14-25)12-15-4-2-1-3-5-15)23-18-8-6-16(7-9-18)19-13-21-10-11-22-19/h1-11,13,17,25H,12,14H2,(H,23,24). The largest absolute Gasteiger partial charge is 0.326 e. The highest BCUT2D eigenvalue weighted by Gasteiger charge is 2.17. The Morgan fingerprint density at radius 3 is 2.44 bits per heavy atom. The van der Waals surface area contributed by atoms with Gasteiger partial charge in [-0.3, -0.25) is 14.8 Å². The van der Waals surface area contributed by atoms with Crippen molar-refractivity contribution in [2.24, 2.45) is 5.92 Å². The predicted octanol–water partition coefficient (Wildman–Crippen LogP) is 3.87. The molecule has 0 aliphatic rings. The van der Waals surface area contributed by atoms with Crippen molar-refractivity contribution < 1.29 is 4.79 Å². The molecule has 1 N–H and O–H groups in total. The number of carbonyl (C=O) groups is 1. The average Bonchev–Trinajstić information content (AvgIpc) is 2.68. The van der Waals surface area contributed by atoms with Crippen LogP contribution in [-0.2, 0) is 11.2 Å². The molecule has 5 heteroatoms. The van der Waals surface area contributed by atoms with E-state index in [1.165, 1.54) is 0 Å². The maximum Gasteiger partial charge on any atom is 0.228 e.